The van der Waals surface area contributed by atoms with Crippen LogP contribution in [0.15, 0.2) is 24.3 Å². The maximum Gasteiger partial charge on any atom is 0.119 e. The Hall–Kier alpha value is -1.61. The average molecular weight is 315 g/mol. The monoisotopic (exact) mass is 315 g/mol. The Morgan fingerprint density at radius 2 is 1.96 bits per heavy atom. The molecule has 0 aromatic heterocycles. The van der Waals surface area contributed by atoms with E-state index in [0.29, 0.717) is 24.1 Å². The summed E-state index contributed by atoms with van der Waals surface area (Å²) >= 11 is 0. The molecule has 2 fully saturated rings. The number of nitrogens with zero attached hydrogens (tertiary/aromatic N) is 3. The van der Waals surface area contributed by atoms with E-state index in [1.165, 1.54) is 0 Å². The van der Waals surface area contributed by atoms with E-state index < -0.39 is 0 Å². The Bertz CT molecular complexity index is 534. The van der Waals surface area contributed by atoms with E-state index in [4.69, 9.17) is 14.7 Å². The highest BCUT2D eigenvalue weighted by Gasteiger charge is 2.34. The summed E-state index contributed by atoms with van der Waals surface area (Å²) in [5.41, 5.74) is 0.666. The van der Waals surface area contributed by atoms with Gasteiger partial charge in [-0.25, -0.2) is 0 Å². The standard InChI is InChI=1S/C18H25N3O2/c1-15-13-20(14-18(15)21-7-9-22-10-8-21)6-11-23-17-4-2-16(12-19)3-5-17/h2-5,15,18H,6-11,13-14H2,1H3/t15-,18-/m0/s1. The van der Waals surface area contributed by atoms with Crippen LogP contribution in [-0.4, -0.2) is 68.4 Å². The highest BCUT2D eigenvalue weighted by Crippen LogP contribution is 2.22. The molecule has 2 aliphatic heterocycles. The van der Waals surface area contributed by atoms with Gasteiger partial charge in [0.25, 0.3) is 0 Å². The van der Waals surface area contributed by atoms with Gasteiger partial charge in [-0.2, -0.15) is 5.26 Å². The third kappa shape index (κ3) is 4.23. The van der Waals surface area contributed by atoms with Gasteiger partial charge < -0.3 is 9.47 Å². The Balaban J connectivity index is 1.43. The highest BCUT2D eigenvalue weighted by atomic mass is 16.5. The fourth-order valence-corrected chi connectivity index (χ4v) is 3.53. The summed E-state index contributed by atoms with van der Waals surface area (Å²) in [7, 11) is 0. The first-order valence-electron chi connectivity index (χ1n) is 8.43. The molecular formula is C18H25N3O2. The van der Waals surface area contributed by atoms with E-state index in [1.54, 1.807) is 12.1 Å². The molecule has 2 heterocycles. The van der Waals surface area contributed by atoms with E-state index in [2.05, 4.69) is 22.8 Å². The summed E-state index contributed by atoms with van der Waals surface area (Å²) in [6, 6.07) is 10.1. The second kappa shape index (κ2) is 7.78. The number of nitriles is 1. The van der Waals surface area contributed by atoms with Crippen LogP contribution in [0.3, 0.4) is 0 Å². The number of hydrogen-bond donors (Lipinski definition) is 0. The van der Waals surface area contributed by atoms with Gasteiger partial charge >= 0.3 is 0 Å². The fraction of sp³-hybridized carbons (Fsp3) is 0.611. The predicted molar refractivity (Wildman–Crippen MR) is 88.4 cm³/mol. The summed E-state index contributed by atoms with van der Waals surface area (Å²) in [5.74, 6) is 1.53. The molecule has 0 saturated carbocycles. The van der Waals surface area contributed by atoms with Crippen molar-refractivity contribution in [3.05, 3.63) is 29.8 Å². The summed E-state index contributed by atoms with van der Waals surface area (Å²) in [5, 5.41) is 8.80. The molecule has 1 aromatic carbocycles. The number of ether oxygens (including phenoxy) is 2. The Morgan fingerprint density at radius 3 is 2.65 bits per heavy atom. The maximum absolute atomic E-state index is 8.80. The lowest BCUT2D eigenvalue weighted by molar-refractivity contribution is 0.0117. The van der Waals surface area contributed by atoms with Gasteiger partial charge in [-0.05, 0) is 30.2 Å². The second-order valence-corrected chi connectivity index (χ2v) is 6.44. The first kappa shape index (κ1) is 16.3. The van der Waals surface area contributed by atoms with Crippen LogP contribution in [0.25, 0.3) is 0 Å². The van der Waals surface area contributed by atoms with Crippen molar-refractivity contribution < 1.29 is 9.47 Å². The van der Waals surface area contributed by atoms with Gasteiger partial charge in [0.1, 0.15) is 12.4 Å². The lowest BCUT2D eigenvalue weighted by Crippen LogP contribution is -2.46. The smallest absolute Gasteiger partial charge is 0.119 e. The number of benzene rings is 1. The second-order valence-electron chi connectivity index (χ2n) is 6.44. The minimum Gasteiger partial charge on any atom is -0.492 e. The normalized spacial score (nSPS) is 26.1. The van der Waals surface area contributed by atoms with Crippen LogP contribution in [0.1, 0.15) is 12.5 Å². The first-order valence-corrected chi connectivity index (χ1v) is 8.43. The van der Waals surface area contributed by atoms with E-state index in [1.807, 2.05) is 12.1 Å². The van der Waals surface area contributed by atoms with Gasteiger partial charge in [-0.15, -0.1) is 0 Å². The summed E-state index contributed by atoms with van der Waals surface area (Å²) in [6.07, 6.45) is 0. The summed E-state index contributed by atoms with van der Waals surface area (Å²) < 4.78 is 11.3. The molecule has 0 aliphatic carbocycles. The molecule has 1 aromatic rings. The van der Waals surface area contributed by atoms with Gasteiger partial charge in [0, 0.05) is 38.8 Å². The first-order chi connectivity index (χ1) is 11.3. The van der Waals surface area contributed by atoms with Crippen molar-refractivity contribution in [2.75, 3.05) is 52.5 Å². The Labute approximate surface area is 138 Å². The average Bonchev–Trinajstić information content (AvgIpc) is 2.97. The van der Waals surface area contributed by atoms with Crippen LogP contribution in [0.2, 0.25) is 0 Å². The van der Waals surface area contributed by atoms with Crippen LogP contribution < -0.4 is 4.74 Å². The molecule has 0 spiro atoms. The molecule has 3 rings (SSSR count). The van der Waals surface area contributed by atoms with Crippen molar-refractivity contribution >= 4 is 0 Å². The SMILES string of the molecule is C[C@H]1CN(CCOc2ccc(C#N)cc2)C[C@@H]1N1CCOCC1. The largest absolute Gasteiger partial charge is 0.492 e. The molecule has 5 nitrogen and oxygen atoms in total. The minimum absolute atomic E-state index is 0.647. The van der Waals surface area contributed by atoms with E-state index in [9.17, 15) is 0 Å². The van der Waals surface area contributed by atoms with Crippen molar-refractivity contribution in [2.45, 2.75) is 13.0 Å². The molecule has 2 saturated heterocycles. The van der Waals surface area contributed by atoms with Crippen LogP contribution in [0.4, 0.5) is 0 Å². The van der Waals surface area contributed by atoms with Gasteiger partial charge in [-0.1, -0.05) is 6.92 Å². The van der Waals surface area contributed by atoms with Gasteiger partial charge in [0.05, 0.1) is 24.8 Å². The van der Waals surface area contributed by atoms with E-state index in [-0.39, 0.29) is 0 Å². The molecule has 5 heteroatoms. The van der Waals surface area contributed by atoms with E-state index in [0.717, 1.165) is 51.7 Å². The van der Waals surface area contributed by atoms with Crippen molar-refractivity contribution in [1.82, 2.24) is 9.80 Å². The zero-order valence-electron chi connectivity index (χ0n) is 13.8. The molecule has 0 amide bonds. The van der Waals surface area contributed by atoms with Gasteiger partial charge in [0.2, 0.25) is 0 Å². The van der Waals surface area contributed by atoms with Crippen LogP contribution in [0.5, 0.6) is 5.75 Å². The van der Waals surface area contributed by atoms with Crippen LogP contribution >= 0.6 is 0 Å². The van der Waals surface area contributed by atoms with Crippen molar-refractivity contribution in [2.24, 2.45) is 5.92 Å². The predicted octanol–water partition coefficient (Wildman–Crippen LogP) is 1.59. The molecule has 2 aliphatic rings. The third-order valence-electron chi connectivity index (χ3n) is 4.82. The zero-order valence-corrected chi connectivity index (χ0v) is 13.8. The zero-order chi connectivity index (χ0) is 16.1. The number of morpholine rings is 1. The van der Waals surface area contributed by atoms with Crippen molar-refractivity contribution in [3.8, 4) is 11.8 Å². The molecule has 0 bridgehead atoms. The van der Waals surface area contributed by atoms with Crippen LogP contribution in [0, 0.1) is 17.2 Å². The Morgan fingerprint density at radius 1 is 1.22 bits per heavy atom. The number of rotatable bonds is 5. The molecular weight excluding hydrogens is 290 g/mol. The summed E-state index contributed by atoms with van der Waals surface area (Å²) in [4.78, 5) is 5.07. The third-order valence-corrected chi connectivity index (χ3v) is 4.82. The van der Waals surface area contributed by atoms with Gasteiger partial charge in [-0.3, -0.25) is 9.80 Å². The maximum atomic E-state index is 8.80. The molecule has 124 valence electrons. The highest BCUT2D eigenvalue weighted by molar-refractivity contribution is 5.34. The molecule has 2 atom stereocenters. The van der Waals surface area contributed by atoms with E-state index >= 15 is 0 Å². The van der Waals surface area contributed by atoms with Crippen molar-refractivity contribution in [3.63, 3.8) is 0 Å². The Kier molecular flexibility index (Phi) is 5.50. The number of likely N-dealkylation sites (tertiary alicyclic amines) is 1. The fourth-order valence-electron chi connectivity index (χ4n) is 3.53. The quantitative estimate of drug-likeness (QED) is 0.826. The molecule has 0 unspecified atom stereocenters. The lowest BCUT2D eigenvalue weighted by Gasteiger charge is -2.34. The topological polar surface area (TPSA) is 48.7 Å². The molecule has 23 heavy (non-hydrogen) atoms. The minimum atomic E-state index is 0.647. The lowest BCUT2D eigenvalue weighted by atomic mass is 10.0. The molecule has 0 radical (unpaired) electrons. The number of hydrogen-bond acceptors (Lipinski definition) is 5. The molecule has 0 N–H and O–H groups in total. The van der Waals surface area contributed by atoms with Gasteiger partial charge in [0.15, 0.2) is 0 Å². The summed E-state index contributed by atoms with van der Waals surface area (Å²) in [6.45, 7) is 10.1. The van der Waals surface area contributed by atoms with Crippen LogP contribution in [-0.2, 0) is 4.74 Å². The van der Waals surface area contributed by atoms with Crippen molar-refractivity contribution in [1.29, 1.82) is 5.26 Å².